The van der Waals surface area contributed by atoms with E-state index in [9.17, 15) is 12.8 Å². The molecule has 1 rings (SSSR count). The van der Waals surface area contributed by atoms with Crippen LogP contribution in [-0.4, -0.2) is 15.0 Å². The van der Waals surface area contributed by atoms with Gasteiger partial charge in [0.1, 0.15) is 6.61 Å². The lowest BCUT2D eigenvalue weighted by molar-refractivity contribution is 0.347. The molecule has 0 radical (unpaired) electrons. The van der Waals surface area contributed by atoms with Crippen LogP contribution < -0.4 is 4.74 Å². The number of ether oxygens (including phenoxy) is 1. The van der Waals surface area contributed by atoms with E-state index in [0.29, 0.717) is 0 Å². The highest BCUT2D eigenvalue weighted by Crippen LogP contribution is 2.22. The summed E-state index contributed by atoms with van der Waals surface area (Å²) in [5.74, 6) is 4.31. The normalized spacial score (nSPS) is 10.4. The Balaban J connectivity index is 2.95. The number of hydrogen-bond donors (Lipinski definition) is 0. The molecule has 0 fully saturated rings. The summed E-state index contributed by atoms with van der Waals surface area (Å²) in [4.78, 5) is -0.305. The second kappa shape index (κ2) is 5.19. The van der Waals surface area contributed by atoms with E-state index in [4.69, 9.17) is 15.4 Å². The van der Waals surface area contributed by atoms with E-state index >= 15 is 0 Å². The highest BCUT2D eigenvalue weighted by molar-refractivity contribution is 8.13. The quantitative estimate of drug-likeness (QED) is 0.619. The molecule has 0 bridgehead atoms. The summed E-state index contributed by atoms with van der Waals surface area (Å²) >= 11 is 0. The first-order valence-corrected chi connectivity index (χ1v) is 6.52. The summed E-state index contributed by atoms with van der Waals surface area (Å²) in [7, 11) is 1.13. The second-order valence-corrected chi connectivity index (χ2v) is 5.31. The molecule has 16 heavy (non-hydrogen) atoms. The van der Waals surface area contributed by atoms with Crippen LogP contribution in [0.1, 0.15) is 6.92 Å². The van der Waals surface area contributed by atoms with Crippen molar-refractivity contribution >= 4 is 19.7 Å². The summed E-state index contributed by atoms with van der Waals surface area (Å²) < 4.78 is 40.1. The van der Waals surface area contributed by atoms with Crippen LogP contribution in [0.4, 0.5) is 4.39 Å². The molecule has 6 heteroatoms. The average Bonchev–Trinajstić information content (AvgIpc) is 2.19. The molecule has 0 spiro atoms. The Kier molecular flexibility index (Phi) is 4.16. The van der Waals surface area contributed by atoms with E-state index in [1.807, 2.05) is 0 Å². The Bertz CT molecular complexity index is 543. The maximum absolute atomic E-state index is 13.3. The summed E-state index contributed by atoms with van der Waals surface area (Å²) in [6.45, 7) is 1.67. The van der Waals surface area contributed by atoms with E-state index in [0.717, 1.165) is 6.07 Å². The summed E-state index contributed by atoms with van der Waals surface area (Å²) in [5, 5.41) is 0. The highest BCUT2D eigenvalue weighted by atomic mass is 35.7. The fourth-order valence-corrected chi connectivity index (χ4v) is 1.70. The molecule has 1 aromatic rings. The first-order chi connectivity index (χ1) is 7.45. The molecule has 0 saturated heterocycles. The summed E-state index contributed by atoms with van der Waals surface area (Å²) in [5.41, 5.74) is 0. The van der Waals surface area contributed by atoms with Gasteiger partial charge in [-0.15, -0.1) is 5.92 Å². The van der Waals surface area contributed by atoms with Crippen molar-refractivity contribution in [3.63, 3.8) is 0 Å². The number of hydrogen-bond acceptors (Lipinski definition) is 3. The van der Waals surface area contributed by atoms with Gasteiger partial charge in [0.2, 0.25) is 0 Å². The van der Waals surface area contributed by atoms with Crippen LogP contribution in [0.25, 0.3) is 0 Å². The Morgan fingerprint density at radius 1 is 1.50 bits per heavy atom. The van der Waals surface area contributed by atoms with Gasteiger partial charge in [-0.25, -0.2) is 12.8 Å². The molecule has 0 unspecified atom stereocenters. The van der Waals surface area contributed by atoms with Gasteiger partial charge in [-0.05, 0) is 25.1 Å². The molecule has 0 aliphatic heterocycles. The molecular formula is C10H8ClFO3S. The van der Waals surface area contributed by atoms with Gasteiger partial charge in [0.15, 0.2) is 11.6 Å². The molecular weight excluding hydrogens is 255 g/mol. The molecule has 0 aromatic heterocycles. The molecule has 3 nitrogen and oxygen atoms in total. The first-order valence-electron chi connectivity index (χ1n) is 4.22. The smallest absolute Gasteiger partial charge is 0.261 e. The van der Waals surface area contributed by atoms with Crippen molar-refractivity contribution in [2.75, 3.05) is 6.61 Å². The van der Waals surface area contributed by atoms with Gasteiger partial charge >= 0.3 is 0 Å². The molecule has 0 aliphatic carbocycles. The van der Waals surface area contributed by atoms with E-state index in [-0.39, 0.29) is 17.3 Å². The average molecular weight is 263 g/mol. The molecule has 0 atom stereocenters. The van der Waals surface area contributed by atoms with Crippen LogP contribution in [-0.2, 0) is 9.05 Å². The van der Waals surface area contributed by atoms with Crippen LogP contribution in [0.2, 0.25) is 0 Å². The third-order valence-electron chi connectivity index (χ3n) is 1.66. The minimum Gasteiger partial charge on any atom is -0.478 e. The minimum atomic E-state index is -3.92. The van der Waals surface area contributed by atoms with E-state index in [1.54, 1.807) is 6.92 Å². The number of rotatable bonds is 3. The standard InChI is InChI=1S/C10H8ClFO3S/c1-2-3-6-15-10-5-4-8(7-9(10)12)16(11,13)14/h4-5,7H,6H2,1H3. The van der Waals surface area contributed by atoms with Crippen molar-refractivity contribution in [1.82, 2.24) is 0 Å². The molecule has 0 saturated carbocycles. The van der Waals surface area contributed by atoms with Gasteiger partial charge in [-0.3, -0.25) is 0 Å². The van der Waals surface area contributed by atoms with Crippen molar-refractivity contribution in [3.05, 3.63) is 24.0 Å². The van der Waals surface area contributed by atoms with Gasteiger partial charge in [0.05, 0.1) is 4.90 Å². The highest BCUT2D eigenvalue weighted by Gasteiger charge is 2.13. The monoisotopic (exact) mass is 262 g/mol. The van der Waals surface area contributed by atoms with E-state index < -0.39 is 14.9 Å². The molecule has 86 valence electrons. The topological polar surface area (TPSA) is 43.4 Å². The lowest BCUT2D eigenvalue weighted by Crippen LogP contribution is -1.98. The maximum Gasteiger partial charge on any atom is 0.261 e. The van der Waals surface area contributed by atoms with Gasteiger partial charge in [0, 0.05) is 10.7 Å². The lowest BCUT2D eigenvalue weighted by atomic mass is 10.3. The van der Waals surface area contributed by atoms with Gasteiger partial charge in [0.25, 0.3) is 9.05 Å². The number of benzene rings is 1. The van der Waals surface area contributed by atoms with Crippen LogP contribution in [0, 0.1) is 17.7 Å². The van der Waals surface area contributed by atoms with Crippen molar-refractivity contribution < 1.29 is 17.5 Å². The lowest BCUT2D eigenvalue weighted by Gasteiger charge is -2.04. The van der Waals surface area contributed by atoms with Crippen LogP contribution in [0.3, 0.4) is 0 Å². The third-order valence-corrected chi connectivity index (χ3v) is 3.01. The Morgan fingerprint density at radius 3 is 2.69 bits per heavy atom. The van der Waals surface area contributed by atoms with E-state index in [1.165, 1.54) is 12.1 Å². The SMILES string of the molecule is CC#CCOc1ccc(S(=O)(=O)Cl)cc1F. The molecule has 0 amide bonds. The zero-order valence-electron chi connectivity index (χ0n) is 8.33. The van der Waals surface area contributed by atoms with Crippen molar-refractivity contribution in [1.29, 1.82) is 0 Å². The van der Waals surface area contributed by atoms with Gasteiger partial charge in [-0.1, -0.05) is 5.92 Å². The fourth-order valence-electron chi connectivity index (χ4n) is 0.936. The zero-order valence-corrected chi connectivity index (χ0v) is 9.90. The van der Waals surface area contributed by atoms with Crippen molar-refractivity contribution in [2.24, 2.45) is 0 Å². The summed E-state index contributed by atoms with van der Waals surface area (Å²) in [6, 6.07) is 3.17. The van der Waals surface area contributed by atoms with E-state index in [2.05, 4.69) is 11.8 Å². The number of halogens is 2. The van der Waals surface area contributed by atoms with Crippen LogP contribution in [0.15, 0.2) is 23.1 Å². The van der Waals surface area contributed by atoms with Crippen LogP contribution >= 0.6 is 10.7 Å². The van der Waals surface area contributed by atoms with Gasteiger partial charge in [-0.2, -0.15) is 0 Å². The minimum absolute atomic E-state index is 0.0421. The maximum atomic E-state index is 13.3. The Labute approximate surface area is 97.6 Å². The predicted octanol–water partition coefficient (Wildman–Crippen LogP) is 2.16. The van der Waals surface area contributed by atoms with Crippen LogP contribution in [0.5, 0.6) is 5.75 Å². The molecule has 0 heterocycles. The second-order valence-electron chi connectivity index (χ2n) is 2.75. The van der Waals surface area contributed by atoms with Crippen molar-refractivity contribution in [2.45, 2.75) is 11.8 Å². The molecule has 0 aliphatic rings. The molecule has 1 aromatic carbocycles. The first kappa shape index (κ1) is 12.8. The Hall–Kier alpha value is -1.25. The third kappa shape index (κ3) is 3.40. The molecule has 0 N–H and O–H groups in total. The summed E-state index contributed by atoms with van der Waals surface area (Å²) in [6.07, 6.45) is 0. The Morgan fingerprint density at radius 2 is 2.19 bits per heavy atom. The largest absolute Gasteiger partial charge is 0.478 e. The fraction of sp³-hybridized carbons (Fsp3) is 0.200. The predicted molar refractivity (Wildman–Crippen MR) is 58.4 cm³/mol. The van der Waals surface area contributed by atoms with Crippen molar-refractivity contribution in [3.8, 4) is 17.6 Å². The van der Waals surface area contributed by atoms with Gasteiger partial charge < -0.3 is 4.74 Å². The zero-order chi connectivity index (χ0) is 12.2.